The fourth-order valence-electron chi connectivity index (χ4n) is 2.98. The Kier molecular flexibility index (Phi) is 11.0. The minimum Gasteiger partial charge on any atom is -0.479 e. The second kappa shape index (κ2) is 12.4. The Bertz CT molecular complexity index is 648. The van der Waals surface area contributed by atoms with Gasteiger partial charge in [-0.15, -0.1) is 11.3 Å². The molecule has 9 nitrogen and oxygen atoms in total. The largest absolute Gasteiger partial charge is 0.479 e. The van der Waals surface area contributed by atoms with E-state index in [1.165, 1.54) is 17.7 Å². The first kappa shape index (κ1) is 25.7. The van der Waals surface area contributed by atoms with Crippen molar-refractivity contribution in [1.82, 2.24) is 15.2 Å². The molecule has 0 amide bonds. The molecule has 0 radical (unpaired) electrons. The van der Waals surface area contributed by atoms with Crippen LogP contribution in [-0.2, 0) is 16.1 Å². The van der Waals surface area contributed by atoms with Gasteiger partial charge in [-0.25, -0.2) is 14.6 Å². The average Bonchev–Trinajstić information content (AvgIpc) is 2.97. The van der Waals surface area contributed by atoms with Crippen molar-refractivity contribution in [3.05, 3.63) is 15.0 Å². The van der Waals surface area contributed by atoms with Gasteiger partial charge in [0.05, 0.1) is 9.88 Å². The fourth-order valence-corrected chi connectivity index (χ4v) is 4.19. The number of aryl methyl sites for hydroxylation is 1. The maximum absolute atomic E-state index is 9.77. The van der Waals surface area contributed by atoms with Crippen molar-refractivity contribution < 1.29 is 30.0 Å². The lowest BCUT2D eigenvalue weighted by atomic mass is 10.0. The summed E-state index contributed by atoms with van der Waals surface area (Å²) in [5.74, 6) is -2.85. The van der Waals surface area contributed by atoms with Gasteiger partial charge in [-0.05, 0) is 38.8 Å². The number of nitrogens with one attached hydrogen (secondary N) is 1. The summed E-state index contributed by atoms with van der Waals surface area (Å²) in [6.45, 7) is 11.0. The molecule has 1 aliphatic heterocycles. The van der Waals surface area contributed by atoms with E-state index < -0.39 is 24.1 Å². The molecule has 1 fully saturated rings. The number of aromatic nitrogens is 1. The normalized spacial score (nSPS) is 17.0. The Morgan fingerprint density at radius 3 is 2.10 bits per heavy atom. The molecule has 0 aliphatic carbocycles. The summed E-state index contributed by atoms with van der Waals surface area (Å²) in [7, 11) is 0. The molecule has 0 bridgehead atoms. The number of halogens is 1. The van der Waals surface area contributed by atoms with Gasteiger partial charge in [0.1, 0.15) is 5.15 Å². The first-order valence-electron chi connectivity index (χ1n) is 9.41. The number of aliphatic hydroxyl groups excluding tert-OH is 2. The maximum atomic E-state index is 9.77. The van der Waals surface area contributed by atoms with Crippen molar-refractivity contribution in [3.8, 4) is 0 Å². The predicted octanol–water partition coefficient (Wildman–Crippen LogP) is 1.19. The van der Waals surface area contributed by atoms with Crippen LogP contribution in [0.4, 0.5) is 0 Å². The van der Waals surface area contributed by atoms with Crippen molar-refractivity contribution in [1.29, 1.82) is 0 Å². The monoisotopic (exact) mass is 451 g/mol. The van der Waals surface area contributed by atoms with E-state index in [0.29, 0.717) is 17.1 Å². The van der Waals surface area contributed by atoms with Crippen molar-refractivity contribution in [2.24, 2.45) is 5.92 Å². The molecule has 5 N–H and O–H groups in total. The van der Waals surface area contributed by atoms with Crippen LogP contribution in [0.1, 0.15) is 36.6 Å². The van der Waals surface area contributed by atoms with Crippen LogP contribution in [0, 0.1) is 12.8 Å². The molecule has 1 saturated heterocycles. The minimum atomic E-state index is -2.27. The standard InChI is InChI=1S/C14H24ClN3S.C4H6O6/c1-10(2)8-18(12-4-6-16-7-5-12)9-13-14(15)17-11(3)19-13;5-1(3(7)8)2(6)4(9)10/h10,12,16H,4-9H2,1-3H3;1-2,5-6H,(H,7,8)(H,9,10). The van der Waals surface area contributed by atoms with Crippen molar-refractivity contribution in [3.63, 3.8) is 0 Å². The van der Waals surface area contributed by atoms with Crippen LogP contribution in [0.15, 0.2) is 0 Å². The summed E-state index contributed by atoms with van der Waals surface area (Å²) in [5.41, 5.74) is 0. The number of aliphatic hydroxyl groups is 2. The number of rotatable bonds is 8. The number of hydrogen-bond donors (Lipinski definition) is 5. The molecule has 0 aromatic carbocycles. The van der Waals surface area contributed by atoms with Crippen molar-refractivity contribution in [2.75, 3.05) is 19.6 Å². The third-order valence-corrected chi connectivity index (χ3v) is 5.71. The topological polar surface area (TPSA) is 143 Å². The van der Waals surface area contributed by atoms with Gasteiger partial charge in [-0.1, -0.05) is 25.4 Å². The summed E-state index contributed by atoms with van der Waals surface area (Å²) in [6, 6.07) is 0.683. The summed E-state index contributed by atoms with van der Waals surface area (Å²) in [5, 5.41) is 37.7. The second-order valence-electron chi connectivity index (χ2n) is 7.32. The summed E-state index contributed by atoms with van der Waals surface area (Å²) >= 11 is 7.96. The zero-order valence-electron chi connectivity index (χ0n) is 16.8. The van der Waals surface area contributed by atoms with E-state index in [9.17, 15) is 9.59 Å². The third-order valence-electron chi connectivity index (χ3n) is 4.33. The van der Waals surface area contributed by atoms with E-state index in [-0.39, 0.29) is 0 Å². The Hall–Kier alpha value is -1.30. The molecule has 1 aliphatic rings. The molecule has 11 heteroatoms. The highest BCUT2D eigenvalue weighted by Gasteiger charge is 2.29. The Morgan fingerprint density at radius 1 is 1.21 bits per heavy atom. The van der Waals surface area contributed by atoms with Gasteiger partial charge in [0.15, 0.2) is 12.2 Å². The van der Waals surface area contributed by atoms with E-state index in [0.717, 1.165) is 31.2 Å². The summed E-state index contributed by atoms with van der Waals surface area (Å²) < 4.78 is 0. The van der Waals surface area contributed by atoms with E-state index in [1.807, 2.05) is 6.92 Å². The third kappa shape index (κ3) is 8.93. The Morgan fingerprint density at radius 2 is 1.72 bits per heavy atom. The van der Waals surface area contributed by atoms with Crippen LogP contribution in [0.2, 0.25) is 5.15 Å². The number of carboxylic acid groups (broad SMARTS) is 2. The van der Waals surface area contributed by atoms with E-state index in [4.69, 9.17) is 32.0 Å². The summed E-state index contributed by atoms with van der Waals surface area (Å²) in [4.78, 5) is 27.7. The molecule has 2 rings (SSSR count). The van der Waals surface area contributed by atoms with E-state index in [2.05, 4.69) is 29.0 Å². The van der Waals surface area contributed by atoms with E-state index >= 15 is 0 Å². The van der Waals surface area contributed by atoms with Gasteiger partial charge >= 0.3 is 11.9 Å². The number of aliphatic carboxylic acids is 2. The average molecular weight is 452 g/mol. The Labute approximate surface area is 179 Å². The zero-order valence-corrected chi connectivity index (χ0v) is 18.4. The van der Waals surface area contributed by atoms with Crippen LogP contribution >= 0.6 is 22.9 Å². The first-order chi connectivity index (χ1) is 13.5. The van der Waals surface area contributed by atoms with E-state index in [1.54, 1.807) is 11.3 Å². The van der Waals surface area contributed by atoms with Gasteiger partial charge < -0.3 is 25.7 Å². The molecule has 0 spiro atoms. The van der Waals surface area contributed by atoms with Crippen LogP contribution in [0.3, 0.4) is 0 Å². The zero-order chi connectivity index (χ0) is 22.1. The molecule has 2 atom stereocenters. The van der Waals surface area contributed by atoms with Gasteiger partial charge in [0.2, 0.25) is 0 Å². The molecule has 1 aromatic heterocycles. The maximum Gasteiger partial charge on any atom is 0.335 e. The number of hydrogen-bond acceptors (Lipinski definition) is 8. The van der Waals surface area contributed by atoms with Gasteiger partial charge in [-0.3, -0.25) is 4.90 Å². The van der Waals surface area contributed by atoms with Crippen LogP contribution < -0.4 is 5.32 Å². The predicted molar refractivity (Wildman–Crippen MR) is 110 cm³/mol. The Balaban J connectivity index is 0.000000359. The second-order valence-corrected chi connectivity index (χ2v) is 8.96. The van der Waals surface area contributed by atoms with Crippen LogP contribution in [0.25, 0.3) is 0 Å². The molecule has 29 heavy (non-hydrogen) atoms. The molecule has 1 aromatic rings. The van der Waals surface area contributed by atoms with Crippen molar-refractivity contribution in [2.45, 2.75) is 58.4 Å². The number of carbonyl (C=O) groups is 2. The van der Waals surface area contributed by atoms with Gasteiger partial charge in [0.25, 0.3) is 0 Å². The highest BCUT2D eigenvalue weighted by molar-refractivity contribution is 7.12. The lowest BCUT2D eigenvalue weighted by Crippen LogP contribution is -2.44. The van der Waals surface area contributed by atoms with Crippen LogP contribution in [0.5, 0.6) is 0 Å². The fraction of sp³-hybridized carbons (Fsp3) is 0.722. The van der Waals surface area contributed by atoms with Gasteiger partial charge in [-0.2, -0.15) is 0 Å². The number of carboxylic acids is 2. The molecule has 166 valence electrons. The van der Waals surface area contributed by atoms with Crippen molar-refractivity contribution >= 4 is 34.9 Å². The molecule has 2 heterocycles. The minimum absolute atomic E-state index is 0.683. The highest BCUT2D eigenvalue weighted by Crippen LogP contribution is 2.26. The first-order valence-corrected chi connectivity index (χ1v) is 10.6. The lowest BCUT2D eigenvalue weighted by Gasteiger charge is -2.35. The number of thiazole rings is 1. The van der Waals surface area contributed by atoms with Crippen LogP contribution in [-0.4, -0.2) is 80.1 Å². The summed E-state index contributed by atoms with van der Waals surface area (Å²) in [6.07, 6.45) is -2.06. The number of piperidine rings is 1. The number of nitrogens with zero attached hydrogens (tertiary/aromatic N) is 2. The highest BCUT2D eigenvalue weighted by atomic mass is 35.5. The molecule has 2 unspecified atom stereocenters. The van der Waals surface area contributed by atoms with Gasteiger partial charge in [0, 0.05) is 19.1 Å². The molecular weight excluding hydrogens is 422 g/mol. The quantitative estimate of drug-likeness (QED) is 0.393. The molecular formula is C18H30ClN3O6S. The SMILES string of the molecule is Cc1nc(Cl)c(CN(CC(C)C)C2CCNCC2)s1.O=C(O)C(O)C(O)C(=O)O. The smallest absolute Gasteiger partial charge is 0.335 e. The lowest BCUT2D eigenvalue weighted by molar-refractivity contribution is -0.165. The molecule has 0 saturated carbocycles.